The van der Waals surface area contributed by atoms with Gasteiger partial charge in [-0.05, 0) is 49.4 Å². The van der Waals surface area contributed by atoms with E-state index in [1.807, 2.05) is 0 Å². The van der Waals surface area contributed by atoms with Crippen LogP contribution in [0.15, 0.2) is 47.4 Å². The van der Waals surface area contributed by atoms with E-state index < -0.39 is 10.0 Å². The third-order valence-corrected chi connectivity index (χ3v) is 5.41. The number of carbonyl (C=O) groups is 1. The average molecular weight is 443 g/mol. The minimum atomic E-state index is -3.85. The summed E-state index contributed by atoms with van der Waals surface area (Å²) in [6, 6.07) is 10.3. The van der Waals surface area contributed by atoms with Crippen molar-refractivity contribution in [2.45, 2.75) is 17.9 Å². The third-order valence-electron chi connectivity index (χ3n) is 3.74. The summed E-state index contributed by atoms with van der Waals surface area (Å²) in [4.78, 5) is 11.8. The molecule has 1 atom stereocenters. The maximum atomic E-state index is 12.6. The number of hydrogen-bond acceptors (Lipinski definition) is 6. The van der Waals surface area contributed by atoms with Crippen LogP contribution in [0, 0.1) is 0 Å². The molecule has 29 heavy (non-hydrogen) atoms. The van der Waals surface area contributed by atoms with Gasteiger partial charge in [-0.3, -0.25) is 9.52 Å². The van der Waals surface area contributed by atoms with Crippen LogP contribution >= 0.6 is 11.6 Å². The van der Waals surface area contributed by atoms with Crippen LogP contribution in [0.1, 0.15) is 6.92 Å². The monoisotopic (exact) mass is 442 g/mol. The van der Waals surface area contributed by atoms with E-state index in [4.69, 9.17) is 25.8 Å². The largest absolute Gasteiger partial charge is 0.497 e. The van der Waals surface area contributed by atoms with E-state index in [2.05, 4.69) is 10.0 Å². The van der Waals surface area contributed by atoms with E-state index in [-0.39, 0.29) is 34.2 Å². The van der Waals surface area contributed by atoms with Crippen molar-refractivity contribution in [1.29, 1.82) is 0 Å². The third kappa shape index (κ3) is 6.81. The van der Waals surface area contributed by atoms with Gasteiger partial charge in [0, 0.05) is 18.8 Å². The maximum Gasteiger partial charge on any atom is 0.261 e. The van der Waals surface area contributed by atoms with Crippen molar-refractivity contribution in [2.24, 2.45) is 0 Å². The van der Waals surface area contributed by atoms with Gasteiger partial charge in [0.05, 0.1) is 23.6 Å². The van der Waals surface area contributed by atoms with Crippen molar-refractivity contribution in [3.05, 3.63) is 47.5 Å². The topological polar surface area (TPSA) is 103 Å². The van der Waals surface area contributed by atoms with E-state index in [1.54, 1.807) is 31.2 Å². The number of halogens is 1. The molecule has 2 aromatic carbocycles. The number of benzene rings is 2. The molecule has 0 spiro atoms. The number of methoxy groups -OCH3 is 2. The van der Waals surface area contributed by atoms with E-state index >= 15 is 0 Å². The standard InChI is InChI=1S/C19H23ClN2O6S/c1-13(11-26-2)21-19(23)12-28-18-9-8-16(10-17(18)20)29(24,25)22-14-4-6-15(27-3)7-5-14/h4-10,13,22H,11-12H2,1-3H3,(H,21,23)/t13-/m1/s1. The summed E-state index contributed by atoms with van der Waals surface area (Å²) in [5, 5.41) is 2.76. The van der Waals surface area contributed by atoms with E-state index in [9.17, 15) is 13.2 Å². The molecule has 0 unspecified atom stereocenters. The maximum absolute atomic E-state index is 12.6. The quantitative estimate of drug-likeness (QED) is 0.586. The molecule has 1 amide bonds. The molecule has 0 aromatic heterocycles. The molecule has 158 valence electrons. The number of nitrogens with one attached hydrogen (secondary N) is 2. The van der Waals surface area contributed by atoms with Gasteiger partial charge >= 0.3 is 0 Å². The Balaban J connectivity index is 2.02. The molecule has 0 aliphatic rings. The number of hydrogen-bond donors (Lipinski definition) is 2. The Morgan fingerprint density at radius 3 is 2.41 bits per heavy atom. The molecule has 0 fully saturated rings. The first-order valence-corrected chi connectivity index (χ1v) is 10.5. The van der Waals surface area contributed by atoms with Crippen LogP contribution in [0.4, 0.5) is 5.69 Å². The van der Waals surface area contributed by atoms with Crippen molar-refractivity contribution in [2.75, 3.05) is 32.2 Å². The van der Waals surface area contributed by atoms with Gasteiger partial charge in [-0.15, -0.1) is 0 Å². The van der Waals surface area contributed by atoms with Gasteiger partial charge in [-0.1, -0.05) is 11.6 Å². The number of anilines is 1. The lowest BCUT2D eigenvalue weighted by Gasteiger charge is -2.14. The predicted molar refractivity (Wildman–Crippen MR) is 110 cm³/mol. The average Bonchev–Trinajstić information content (AvgIpc) is 2.67. The predicted octanol–water partition coefficient (Wildman–Crippen LogP) is 2.68. The Bertz CT molecular complexity index is 934. The Hall–Kier alpha value is -2.49. The Labute approximate surface area is 175 Å². The fraction of sp³-hybridized carbons (Fsp3) is 0.316. The summed E-state index contributed by atoms with van der Waals surface area (Å²) in [7, 11) is -0.787. The number of amides is 1. The lowest BCUT2D eigenvalue weighted by molar-refractivity contribution is -0.124. The first kappa shape index (κ1) is 22.8. The smallest absolute Gasteiger partial charge is 0.261 e. The van der Waals surface area contributed by atoms with Crippen LogP contribution in [0.5, 0.6) is 11.5 Å². The minimum Gasteiger partial charge on any atom is -0.497 e. The van der Waals surface area contributed by atoms with Crippen LogP contribution in [0.3, 0.4) is 0 Å². The zero-order valence-corrected chi connectivity index (χ0v) is 17.8. The van der Waals surface area contributed by atoms with Gasteiger partial charge < -0.3 is 19.5 Å². The van der Waals surface area contributed by atoms with Crippen LogP contribution in [0.25, 0.3) is 0 Å². The lowest BCUT2D eigenvalue weighted by atomic mass is 10.3. The summed E-state index contributed by atoms with van der Waals surface area (Å²) >= 11 is 6.13. The molecule has 0 heterocycles. The van der Waals surface area contributed by atoms with Crippen LogP contribution in [-0.4, -0.2) is 47.8 Å². The van der Waals surface area contributed by atoms with Crippen LogP contribution < -0.4 is 19.5 Å². The summed E-state index contributed by atoms with van der Waals surface area (Å²) < 4.78 is 42.9. The first-order chi connectivity index (χ1) is 13.7. The molecule has 0 bridgehead atoms. The number of rotatable bonds is 10. The zero-order valence-electron chi connectivity index (χ0n) is 16.3. The molecular weight excluding hydrogens is 420 g/mol. The number of ether oxygens (including phenoxy) is 3. The number of carbonyl (C=O) groups excluding carboxylic acids is 1. The molecule has 10 heteroatoms. The van der Waals surface area contributed by atoms with E-state index in [0.29, 0.717) is 18.0 Å². The van der Waals surface area contributed by atoms with E-state index in [1.165, 1.54) is 32.4 Å². The van der Waals surface area contributed by atoms with Crippen molar-refractivity contribution in [3.63, 3.8) is 0 Å². The molecule has 8 nitrogen and oxygen atoms in total. The summed E-state index contributed by atoms with van der Waals surface area (Å²) in [5.41, 5.74) is 0.379. The highest BCUT2D eigenvalue weighted by Crippen LogP contribution is 2.28. The fourth-order valence-corrected chi connectivity index (χ4v) is 3.77. The molecule has 2 N–H and O–H groups in total. The molecule has 0 radical (unpaired) electrons. The lowest BCUT2D eigenvalue weighted by Crippen LogP contribution is -2.38. The van der Waals surface area contributed by atoms with Crippen molar-refractivity contribution >= 4 is 33.2 Å². The number of sulfonamides is 1. The molecule has 0 aliphatic carbocycles. The highest BCUT2D eigenvalue weighted by Gasteiger charge is 2.17. The first-order valence-electron chi connectivity index (χ1n) is 8.62. The van der Waals surface area contributed by atoms with E-state index in [0.717, 1.165) is 0 Å². The van der Waals surface area contributed by atoms with Gasteiger partial charge in [0.2, 0.25) is 0 Å². The highest BCUT2D eigenvalue weighted by molar-refractivity contribution is 7.92. The van der Waals surface area contributed by atoms with Gasteiger partial charge in [0.25, 0.3) is 15.9 Å². The van der Waals surface area contributed by atoms with Gasteiger partial charge in [-0.25, -0.2) is 8.42 Å². The molecule has 2 aromatic rings. The molecule has 0 saturated heterocycles. The summed E-state index contributed by atoms with van der Waals surface area (Å²) in [6.45, 7) is 1.91. The van der Waals surface area contributed by atoms with Gasteiger partial charge in [0.15, 0.2) is 6.61 Å². The second-order valence-corrected chi connectivity index (χ2v) is 8.23. The molecular formula is C19H23ClN2O6S. The van der Waals surface area contributed by atoms with Crippen molar-refractivity contribution in [3.8, 4) is 11.5 Å². The van der Waals surface area contributed by atoms with Gasteiger partial charge in [-0.2, -0.15) is 0 Å². The zero-order chi connectivity index (χ0) is 21.4. The van der Waals surface area contributed by atoms with Gasteiger partial charge in [0.1, 0.15) is 11.5 Å². The Morgan fingerprint density at radius 1 is 1.14 bits per heavy atom. The molecule has 0 saturated carbocycles. The van der Waals surface area contributed by atoms with Crippen LogP contribution in [0.2, 0.25) is 5.02 Å². The Morgan fingerprint density at radius 2 is 1.83 bits per heavy atom. The normalized spacial score (nSPS) is 12.1. The molecule has 0 aliphatic heterocycles. The summed E-state index contributed by atoms with van der Waals surface area (Å²) in [5.74, 6) is 0.464. The second-order valence-electron chi connectivity index (χ2n) is 6.14. The van der Waals surface area contributed by atoms with Crippen molar-refractivity contribution in [1.82, 2.24) is 5.32 Å². The highest BCUT2D eigenvalue weighted by atomic mass is 35.5. The second kappa shape index (κ2) is 10.3. The SMILES string of the molecule is COC[C@@H](C)NC(=O)COc1ccc(S(=O)(=O)Nc2ccc(OC)cc2)cc1Cl. The molecule has 2 rings (SSSR count). The fourth-order valence-electron chi connectivity index (χ4n) is 2.39. The summed E-state index contributed by atoms with van der Waals surface area (Å²) in [6.07, 6.45) is 0. The van der Waals surface area contributed by atoms with Crippen molar-refractivity contribution < 1.29 is 27.4 Å². The van der Waals surface area contributed by atoms with Crippen LogP contribution in [-0.2, 0) is 19.6 Å². The Kier molecular flexibility index (Phi) is 8.12. The minimum absolute atomic E-state index is 0.0381.